The zero-order valence-corrected chi connectivity index (χ0v) is 16.1. The molecule has 0 spiro atoms. The van der Waals surface area contributed by atoms with Crippen LogP contribution in [0.1, 0.15) is 19.3 Å². The van der Waals surface area contributed by atoms with Gasteiger partial charge in [-0.25, -0.2) is 8.42 Å². The van der Waals surface area contributed by atoms with E-state index >= 15 is 0 Å². The maximum Gasteiger partial charge on any atom is 0.243 e. The lowest BCUT2D eigenvalue weighted by Crippen LogP contribution is -2.42. The summed E-state index contributed by atoms with van der Waals surface area (Å²) in [7, 11) is -1.89. The molecule has 2 aromatic rings. The molecule has 2 aliphatic heterocycles. The molecule has 0 amide bonds. The van der Waals surface area contributed by atoms with Crippen molar-refractivity contribution in [1.29, 1.82) is 0 Å². The number of methoxy groups -OCH3 is 1. The second-order valence-electron chi connectivity index (χ2n) is 6.96. The van der Waals surface area contributed by atoms with E-state index in [2.05, 4.69) is 5.32 Å². The number of sulfonamides is 1. The molecule has 0 aliphatic carbocycles. The van der Waals surface area contributed by atoms with E-state index in [4.69, 9.17) is 9.47 Å². The summed E-state index contributed by atoms with van der Waals surface area (Å²) >= 11 is 0. The molecule has 4 rings (SSSR count). The summed E-state index contributed by atoms with van der Waals surface area (Å²) < 4.78 is 39.0. The molecular formula is C20H24N2O4S. The van der Waals surface area contributed by atoms with Gasteiger partial charge in [-0.05, 0) is 74.3 Å². The van der Waals surface area contributed by atoms with Crippen LogP contribution < -0.4 is 14.8 Å². The summed E-state index contributed by atoms with van der Waals surface area (Å²) in [5, 5.41) is 3.34. The molecule has 2 atom stereocenters. The fourth-order valence-electron chi connectivity index (χ4n) is 3.91. The lowest BCUT2D eigenvalue weighted by atomic mass is 10.1. The van der Waals surface area contributed by atoms with Crippen LogP contribution in [-0.4, -0.2) is 45.0 Å². The lowest BCUT2D eigenvalue weighted by Gasteiger charge is -2.26. The van der Waals surface area contributed by atoms with Gasteiger partial charge in [0, 0.05) is 18.6 Å². The topological polar surface area (TPSA) is 67.9 Å². The second kappa shape index (κ2) is 7.50. The number of fused-ring (bicyclic) bond motifs is 2. The molecule has 7 heteroatoms. The molecule has 2 heterocycles. The minimum atomic E-state index is -3.50. The Morgan fingerprint density at radius 2 is 1.48 bits per heavy atom. The van der Waals surface area contributed by atoms with Crippen molar-refractivity contribution < 1.29 is 17.9 Å². The highest BCUT2D eigenvalue weighted by Gasteiger charge is 2.42. The Morgan fingerprint density at radius 1 is 0.889 bits per heavy atom. The SMILES string of the molecule is COc1ccc(Oc2ccc(S(=O)(=O)N3C4CCNCC3CC4)cc2)cc1. The van der Waals surface area contributed by atoms with Gasteiger partial charge >= 0.3 is 0 Å². The van der Waals surface area contributed by atoms with Crippen LogP contribution >= 0.6 is 0 Å². The average Bonchev–Trinajstić information content (AvgIpc) is 2.96. The number of ether oxygens (including phenoxy) is 2. The number of rotatable bonds is 5. The third-order valence-corrected chi connectivity index (χ3v) is 7.30. The molecule has 2 aromatic carbocycles. The van der Waals surface area contributed by atoms with Crippen LogP contribution in [0.2, 0.25) is 0 Å². The molecule has 1 N–H and O–H groups in total. The standard InChI is InChI=1S/C20H24N2O4S/c1-25-17-4-6-18(7-5-17)26-19-8-10-20(11-9-19)27(23,24)22-15-2-3-16(22)14-21-13-12-15/h4-11,15-16,21H,2-3,12-14H2,1H3. The zero-order valence-electron chi connectivity index (χ0n) is 15.3. The van der Waals surface area contributed by atoms with Crippen LogP contribution in [0, 0.1) is 0 Å². The summed E-state index contributed by atoms with van der Waals surface area (Å²) in [6.07, 6.45) is 2.74. The quantitative estimate of drug-likeness (QED) is 0.853. The number of hydrogen-bond acceptors (Lipinski definition) is 5. The third-order valence-electron chi connectivity index (χ3n) is 5.28. The van der Waals surface area contributed by atoms with Crippen molar-refractivity contribution in [2.24, 2.45) is 0 Å². The van der Waals surface area contributed by atoms with E-state index in [1.54, 1.807) is 35.7 Å². The Kier molecular flexibility index (Phi) is 5.08. The van der Waals surface area contributed by atoms with Gasteiger partial charge in [-0.15, -0.1) is 0 Å². The molecule has 144 valence electrons. The summed E-state index contributed by atoms with van der Waals surface area (Å²) in [6, 6.07) is 14.1. The van der Waals surface area contributed by atoms with Crippen molar-refractivity contribution in [3.05, 3.63) is 48.5 Å². The Balaban J connectivity index is 1.52. The third kappa shape index (κ3) is 3.67. The molecule has 2 unspecified atom stereocenters. The Morgan fingerprint density at radius 3 is 2.15 bits per heavy atom. The number of hydrogen-bond donors (Lipinski definition) is 1. The van der Waals surface area contributed by atoms with Crippen LogP contribution in [-0.2, 0) is 10.0 Å². The molecule has 0 aromatic heterocycles. The van der Waals surface area contributed by atoms with Gasteiger partial charge in [0.05, 0.1) is 12.0 Å². The highest BCUT2D eigenvalue weighted by molar-refractivity contribution is 7.89. The second-order valence-corrected chi connectivity index (χ2v) is 8.80. The zero-order chi connectivity index (χ0) is 18.9. The molecule has 27 heavy (non-hydrogen) atoms. The van der Waals surface area contributed by atoms with Gasteiger partial charge in [0.2, 0.25) is 10.0 Å². The average molecular weight is 388 g/mol. The number of nitrogens with zero attached hydrogens (tertiary/aromatic N) is 1. The molecule has 0 radical (unpaired) electrons. The van der Waals surface area contributed by atoms with Crippen molar-refractivity contribution in [1.82, 2.24) is 9.62 Å². The largest absolute Gasteiger partial charge is 0.497 e. The van der Waals surface area contributed by atoms with E-state index in [0.29, 0.717) is 16.4 Å². The van der Waals surface area contributed by atoms with Crippen molar-refractivity contribution in [3.63, 3.8) is 0 Å². The van der Waals surface area contributed by atoms with Crippen molar-refractivity contribution >= 4 is 10.0 Å². The lowest BCUT2D eigenvalue weighted by molar-refractivity contribution is 0.334. The minimum Gasteiger partial charge on any atom is -0.497 e. The maximum absolute atomic E-state index is 13.2. The molecule has 2 fully saturated rings. The van der Waals surface area contributed by atoms with Gasteiger partial charge in [0.15, 0.2) is 0 Å². The van der Waals surface area contributed by atoms with E-state index in [-0.39, 0.29) is 12.1 Å². The number of benzene rings is 2. The smallest absolute Gasteiger partial charge is 0.243 e. The predicted molar refractivity (Wildman–Crippen MR) is 103 cm³/mol. The van der Waals surface area contributed by atoms with E-state index in [1.807, 2.05) is 24.3 Å². The van der Waals surface area contributed by atoms with Crippen LogP contribution in [0.25, 0.3) is 0 Å². The summed E-state index contributed by atoms with van der Waals surface area (Å²) in [6.45, 7) is 1.61. The summed E-state index contributed by atoms with van der Waals surface area (Å²) in [5.74, 6) is 2.02. The monoisotopic (exact) mass is 388 g/mol. The first kappa shape index (κ1) is 18.3. The first-order chi connectivity index (χ1) is 13.1. The van der Waals surface area contributed by atoms with Crippen LogP contribution in [0.4, 0.5) is 0 Å². The number of nitrogens with one attached hydrogen (secondary N) is 1. The van der Waals surface area contributed by atoms with Crippen LogP contribution in [0.3, 0.4) is 0 Å². The molecule has 0 saturated carbocycles. The predicted octanol–water partition coefficient (Wildman–Crippen LogP) is 3.00. The van der Waals surface area contributed by atoms with E-state index in [1.165, 1.54) is 0 Å². The normalized spacial score (nSPS) is 23.0. The Bertz CT molecular complexity index is 867. The van der Waals surface area contributed by atoms with E-state index in [0.717, 1.165) is 38.1 Å². The summed E-state index contributed by atoms with van der Waals surface area (Å²) in [4.78, 5) is 0.323. The first-order valence-electron chi connectivity index (χ1n) is 9.24. The molecule has 2 aliphatic rings. The highest BCUT2D eigenvalue weighted by Crippen LogP contribution is 2.34. The van der Waals surface area contributed by atoms with Crippen molar-refractivity contribution in [2.75, 3.05) is 20.2 Å². The van der Waals surface area contributed by atoms with Gasteiger partial charge in [0.25, 0.3) is 0 Å². The van der Waals surface area contributed by atoms with Crippen molar-refractivity contribution in [2.45, 2.75) is 36.2 Å². The van der Waals surface area contributed by atoms with Gasteiger partial charge in [-0.1, -0.05) is 0 Å². The van der Waals surface area contributed by atoms with Gasteiger partial charge in [-0.3, -0.25) is 0 Å². The fourth-order valence-corrected chi connectivity index (χ4v) is 5.81. The van der Waals surface area contributed by atoms with E-state index < -0.39 is 10.0 Å². The minimum absolute atomic E-state index is 0.0534. The maximum atomic E-state index is 13.2. The fraction of sp³-hybridized carbons (Fsp3) is 0.400. The Hall–Kier alpha value is -2.09. The van der Waals surface area contributed by atoms with Crippen molar-refractivity contribution in [3.8, 4) is 17.2 Å². The van der Waals surface area contributed by atoms with E-state index in [9.17, 15) is 8.42 Å². The molecular weight excluding hydrogens is 364 g/mol. The van der Waals surface area contributed by atoms with Gasteiger partial charge < -0.3 is 14.8 Å². The molecule has 2 saturated heterocycles. The first-order valence-corrected chi connectivity index (χ1v) is 10.7. The van der Waals surface area contributed by atoms with Gasteiger partial charge in [0.1, 0.15) is 17.2 Å². The highest BCUT2D eigenvalue weighted by atomic mass is 32.2. The summed E-state index contributed by atoms with van der Waals surface area (Å²) in [5.41, 5.74) is 0. The molecule has 6 nitrogen and oxygen atoms in total. The molecule has 2 bridgehead atoms. The Labute approximate surface area is 160 Å². The van der Waals surface area contributed by atoms with Crippen LogP contribution in [0.15, 0.2) is 53.4 Å². The van der Waals surface area contributed by atoms with Crippen LogP contribution in [0.5, 0.6) is 17.2 Å². The van der Waals surface area contributed by atoms with Gasteiger partial charge in [-0.2, -0.15) is 4.31 Å².